The van der Waals surface area contributed by atoms with Gasteiger partial charge in [0.1, 0.15) is 0 Å². The fourth-order valence-corrected chi connectivity index (χ4v) is 2.46. The number of aromatic nitrogens is 1. The fourth-order valence-electron chi connectivity index (χ4n) is 2.46. The van der Waals surface area contributed by atoms with Gasteiger partial charge >= 0.3 is 6.18 Å². The van der Waals surface area contributed by atoms with Crippen molar-refractivity contribution in [2.75, 3.05) is 7.11 Å². The molecule has 19 heavy (non-hydrogen) atoms. The number of halogens is 3. The van der Waals surface area contributed by atoms with Gasteiger partial charge in [0, 0.05) is 31.5 Å². The fraction of sp³-hybridized carbons (Fsp3) is 0.615. The molecule has 0 bridgehead atoms. The molecule has 106 valence electrons. The van der Waals surface area contributed by atoms with Gasteiger partial charge in [-0.15, -0.1) is 0 Å². The second kappa shape index (κ2) is 5.09. The Labute approximate surface area is 109 Å². The van der Waals surface area contributed by atoms with Crippen LogP contribution >= 0.6 is 0 Å². The van der Waals surface area contributed by atoms with Gasteiger partial charge in [-0.25, -0.2) is 0 Å². The topological polar surface area (TPSA) is 42.4 Å². The lowest BCUT2D eigenvalue weighted by Crippen LogP contribution is -2.40. The van der Waals surface area contributed by atoms with E-state index in [4.69, 9.17) is 4.74 Å². The van der Waals surface area contributed by atoms with Gasteiger partial charge in [0.05, 0.1) is 17.3 Å². The van der Waals surface area contributed by atoms with Crippen LogP contribution in [0.1, 0.15) is 42.9 Å². The van der Waals surface area contributed by atoms with Crippen LogP contribution in [0.15, 0.2) is 18.5 Å². The van der Waals surface area contributed by atoms with Gasteiger partial charge in [0.25, 0.3) is 0 Å². The van der Waals surface area contributed by atoms with Gasteiger partial charge in [0.15, 0.2) is 0 Å². The first kappa shape index (κ1) is 14.3. The lowest BCUT2D eigenvalue weighted by Gasteiger charge is -2.42. The molecule has 1 aliphatic carbocycles. The molecule has 1 aromatic rings. The van der Waals surface area contributed by atoms with E-state index in [0.717, 1.165) is 37.7 Å². The van der Waals surface area contributed by atoms with E-state index >= 15 is 0 Å². The molecular formula is C13H16F3NO2. The first-order valence-electron chi connectivity index (χ1n) is 6.12. The first-order chi connectivity index (χ1) is 8.88. The van der Waals surface area contributed by atoms with Gasteiger partial charge in [-0.2, -0.15) is 13.2 Å². The van der Waals surface area contributed by atoms with Crippen LogP contribution in [-0.2, 0) is 10.9 Å². The lowest BCUT2D eigenvalue weighted by atomic mass is 9.75. The van der Waals surface area contributed by atoms with Crippen LogP contribution in [0.25, 0.3) is 0 Å². The van der Waals surface area contributed by atoms with Crippen LogP contribution in [0.3, 0.4) is 0 Å². The molecule has 0 radical (unpaired) electrons. The van der Waals surface area contributed by atoms with Crippen molar-refractivity contribution in [3.05, 3.63) is 29.6 Å². The van der Waals surface area contributed by atoms with Crippen molar-refractivity contribution in [2.45, 2.75) is 43.6 Å². The predicted octanol–water partition coefficient (Wildman–Crippen LogP) is 3.09. The largest absolute Gasteiger partial charge is 0.416 e. The maximum absolute atomic E-state index is 12.8. The van der Waals surface area contributed by atoms with E-state index in [1.807, 2.05) is 0 Å². The first-order valence-corrected chi connectivity index (χ1v) is 6.12. The summed E-state index contributed by atoms with van der Waals surface area (Å²) in [4.78, 5) is 3.68. The summed E-state index contributed by atoms with van der Waals surface area (Å²) >= 11 is 0. The Hall–Kier alpha value is -1.14. The number of pyridine rings is 1. The second-order valence-corrected chi connectivity index (χ2v) is 4.92. The SMILES string of the molecule is COC1(CC(O)c2cnccc2C(F)(F)F)CCC1. The van der Waals surface area contributed by atoms with Crippen LogP contribution in [0.4, 0.5) is 13.2 Å². The zero-order valence-corrected chi connectivity index (χ0v) is 10.6. The monoisotopic (exact) mass is 275 g/mol. The third-order valence-electron chi connectivity index (χ3n) is 3.78. The summed E-state index contributed by atoms with van der Waals surface area (Å²) < 4.78 is 43.9. The van der Waals surface area contributed by atoms with E-state index in [2.05, 4.69) is 4.98 Å². The minimum atomic E-state index is -4.49. The lowest BCUT2D eigenvalue weighted by molar-refractivity contribution is -0.140. The number of ether oxygens (including phenoxy) is 1. The summed E-state index contributed by atoms with van der Waals surface area (Å²) in [5.41, 5.74) is -1.50. The van der Waals surface area contributed by atoms with Gasteiger partial charge in [-0.1, -0.05) is 0 Å². The highest BCUT2D eigenvalue weighted by Gasteiger charge is 2.41. The van der Waals surface area contributed by atoms with E-state index in [9.17, 15) is 18.3 Å². The second-order valence-electron chi connectivity index (χ2n) is 4.92. The number of aliphatic hydroxyl groups is 1. The van der Waals surface area contributed by atoms with E-state index in [0.29, 0.717) is 0 Å². The molecule has 0 amide bonds. The zero-order valence-electron chi connectivity index (χ0n) is 10.6. The number of nitrogens with zero attached hydrogens (tertiary/aromatic N) is 1. The van der Waals surface area contributed by atoms with E-state index < -0.39 is 23.4 Å². The molecule has 1 saturated carbocycles. The van der Waals surface area contributed by atoms with Crippen LogP contribution in [0.5, 0.6) is 0 Å². The highest BCUT2D eigenvalue weighted by molar-refractivity contribution is 5.28. The highest BCUT2D eigenvalue weighted by atomic mass is 19.4. The average Bonchev–Trinajstić information content (AvgIpc) is 2.32. The molecule has 2 rings (SSSR count). The molecule has 1 aromatic heterocycles. The number of methoxy groups -OCH3 is 1. The minimum Gasteiger partial charge on any atom is -0.388 e. The van der Waals surface area contributed by atoms with Crippen molar-refractivity contribution in [1.29, 1.82) is 0 Å². The van der Waals surface area contributed by atoms with Crippen LogP contribution in [-0.4, -0.2) is 22.8 Å². The summed E-state index contributed by atoms with van der Waals surface area (Å²) in [6.07, 6.45) is -0.878. The molecule has 1 N–H and O–H groups in total. The number of alkyl halides is 3. The maximum Gasteiger partial charge on any atom is 0.416 e. The molecule has 0 aromatic carbocycles. The van der Waals surface area contributed by atoms with Crippen molar-refractivity contribution in [1.82, 2.24) is 4.98 Å². The molecule has 1 fully saturated rings. The molecule has 0 saturated heterocycles. The summed E-state index contributed by atoms with van der Waals surface area (Å²) in [5.74, 6) is 0. The van der Waals surface area contributed by atoms with Crippen LogP contribution in [0.2, 0.25) is 0 Å². The molecule has 3 nitrogen and oxygen atoms in total. The summed E-state index contributed by atoms with van der Waals surface area (Å²) in [6, 6.07) is 0.888. The average molecular weight is 275 g/mol. The van der Waals surface area contributed by atoms with Gasteiger partial charge in [0.2, 0.25) is 0 Å². The van der Waals surface area contributed by atoms with Gasteiger partial charge in [-0.3, -0.25) is 4.98 Å². The number of hydrogen-bond donors (Lipinski definition) is 1. The molecule has 1 heterocycles. The van der Waals surface area contributed by atoms with Crippen LogP contribution in [0, 0.1) is 0 Å². The Kier molecular flexibility index (Phi) is 3.82. The summed E-state index contributed by atoms with van der Waals surface area (Å²) in [6.45, 7) is 0. The Morgan fingerprint density at radius 3 is 2.63 bits per heavy atom. The molecule has 6 heteroatoms. The molecule has 1 aliphatic rings. The maximum atomic E-state index is 12.8. The molecule has 0 aliphatic heterocycles. The van der Waals surface area contributed by atoms with Crippen molar-refractivity contribution < 1.29 is 23.0 Å². The van der Waals surface area contributed by atoms with E-state index in [1.54, 1.807) is 0 Å². The quantitative estimate of drug-likeness (QED) is 0.918. The van der Waals surface area contributed by atoms with E-state index in [1.165, 1.54) is 7.11 Å². The Bertz CT molecular complexity index is 438. The van der Waals surface area contributed by atoms with Gasteiger partial charge in [-0.05, 0) is 25.3 Å². The van der Waals surface area contributed by atoms with Crippen LogP contribution < -0.4 is 0 Å². The molecular weight excluding hydrogens is 259 g/mol. The minimum absolute atomic E-state index is 0.165. The molecule has 1 unspecified atom stereocenters. The Balaban J connectivity index is 2.22. The summed E-state index contributed by atoms with van der Waals surface area (Å²) in [7, 11) is 1.53. The summed E-state index contributed by atoms with van der Waals surface area (Å²) in [5, 5.41) is 10.1. The number of rotatable bonds is 4. The Morgan fingerprint density at radius 1 is 1.47 bits per heavy atom. The van der Waals surface area contributed by atoms with Crippen molar-refractivity contribution in [3.63, 3.8) is 0 Å². The third-order valence-corrected chi connectivity index (χ3v) is 3.78. The normalized spacial score (nSPS) is 19.8. The predicted molar refractivity (Wildman–Crippen MR) is 62.4 cm³/mol. The molecule has 1 atom stereocenters. The van der Waals surface area contributed by atoms with Crippen molar-refractivity contribution in [3.8, 4) is 0 Å². The number of aliphatic hydroxyl groups excluding tert-OH is 1. The highest BCUT2D eigenvalue weighted by Crippen LogP contribution is 2.43. The third kappa shape index (κ3) is 2.90. The smallest absolute Gasteiger partial charge is 0.388 e. The van der Waals surface area contributed by atoms with Crippen molar-refractivity contribution in [2.24, 2.45) is 0 Å². The number of hydrogen-bond acceptors (Lipinski definition) is 3. The van der Waals surface area contributed by atoms with Crippen molar-refractivity contribution >= 4 is 0 Å². The standard InChI is InChI=1S/C13H16F3NO2/c1-19-12(4-2-5-12)7-11(18)9-8-17-6-3-10(9)13(14,15)16/h3,6,8,11,18H,2,4-5,7H2,1H3. The zero-order chi connectivity index (χ0) is 14.1. The Morgan fingerprint density at radius 2 is 2.16 bits per heavy atom. The van der Waals surface area contributed by atoms with E-state index in [-0.39, 0.29) is 12.0 Å². The van der Waals surface area contributed by atoms with Gasteiger partial charge < -0.3 is 9.84 Å². The molecule has 0 spiro atoms.